The van der Waals surface area contributed by atoms with Crippen LogP contribution in [0.3, 0.4) is 0 Å². The number of ether oxygens (including phenoxy) is 1. The number of hydrogen-bond donors (Lipinski definition) is 1. The molecule has 24 heavy (non-hydrogen) atoms. The zero-order chi connectivity index (χ0) is 18.3. The molecule has 136 valence electrons. The van der Waals surface area contributed by atoms with Gasteiger partial charge in [-0.05, 0) is 37.0 Å². The van der Waals surface area contributed by atoms with E-state index in [2.05, 4.69) is 19.2 Å². The Labute approximate surface area is 145 Å². The summed E-state index contributed by atoms with van der Waals surface area (Å²) < 4.78 is 30.8. The van der Waals surface area contributed by atoms with E-state index in [1.54, 1.807) is 12.1 Å². The number of nitrogens with one attached hydrogen (secondary N) is 1. The van der Waals surface area contributed by atoms with Crippen molar-refractivity contribution in [2.24, 2.45) is 5.92 Å². The van der Waals surface area contributed by atoms with Crippen LogP contribution < -0.4 is 14.4 Å². The fourth-order valence-electron chi connectivity index (χ4n) is 2.25. The number of aryl methyl sites for hydroxylation is 1. The van der Waals surface area contributed by atoms with Crippen LogP contribution in [0.2, 0.25) is 0 Å². The minimum absolute atomic E-state index is 0.0756. The van der Waals surface area contributed by atoms with Crippen molar-refractivity contribution in [1.82, 2.24) is 5.32 Å². The normalized spacial score (nSPS) is 11.4. The summed E-state index contributed by atoms with van der Waals surface area (Å²) in [5.41, 5.74) is 1.37. The minimum Gasteiger partial charge on any atom is -0.495 e. The zero-order valence-corrected chi connectivity index (χ0v) is 15.9. The molecule has 1 amide bonds. The molecular weight excluding hydrogens is 328 g/mol. The quantitative estimate of drug-likeness (QED) is 0.737. The maximum Gasteiger partial charge on any atom is 0.232 e. The Bertz CT molecular complexity index is 657. The maximum atomic E-state index is 12.2. The molecule has 0 aliphatic heterocycles. The first-order valence-electron chi connectivity index (χ1n) is 8.04. The van der Waals surface area contributed by atoms with Gasteiger partial charge in [0.2, 0.25) is 15.9 Å². The Kier molecular flexibility index (Phi) is 7.54. The topological polar surface area (TPSA) is 75.7 Å². The SMILES string of the molecule is COc1ccc(C)cc1N(CCC(=O)NCCC(C)C)S(C)(=O)=O. The predicted octanol–water partition coefficient (Wildman–Crippen LogP) is 2.32. The number of carbonyl (C=O) groups is 1. The molecule has 0 aliphatic rings. The van der Waals surface area contributed by atoms with E-state index in [9.17, 15) is 13.2 Å². The van der Waals surface area contributed by atoms with Crippen LogP contribution in [-0.2, 0) is 14.8 Å². The third kappa shape index (κ3) is 6.39. The van der Waals surface area contributed by atoms with Gasteiger partial charge >= 0.3 is 0 Å². The standard InChI is InChI=1S/C17H28N2O4S/c1-13(2)8-10-18-17(20)9-11-19(24(5,21)22)15-12-14(3)6-7-16(15)23-4/h6-7,12-13H,8-11H2,1-5H3,(H,18,20). The maximum absolute atomic E-state index is 12.2. The van der Waals surface area contributed by atoms with Crippen LogP contribution >= 0.6 is 0 Å². The lowest BCUT2D eigenvalue weighted by molar-refractivity contribution is -0.120. The first kappa shape index (κ1) is 20.3. The Morgan fingerprint density at radius 2 is 2.00 bits per heavy atom. The largest absolute Gasteiger partial charge is 0.495 e. The number of amides is 1. The molecule has 0 saturated carbocycles. The summed E-state index contributed by atoms with van der Waals surface area (Å²) >= 11 is 0. The molecule has 7 heteroatoms. The molecule has 0 heterocycles. The summed E-state index contributed by atoms with van der Waals surface area (Å²) in [5, 5.41) is 2.82. The summed E-state index contributed by atoms with van der Waals surface area (Å²) in [7, 11) is -2.03. The molecular formula is C17H28N2O4S. The Morgan fingerprint density at radius 3 is 2.54 bits per heavy atom. The van der Waals surface area contributed by atoms with E-state index in [1.807, 2.05) is 13.0 Å². The van der Waals surface area contributed by atoms with Crippen LogP contribution in [0.1, 0.15) is 32.3 Å². The summed E-state index contributed by atoms with van der Waals surface area (Å²) in [4.78, 5) is 11.9. The molecule has 1 N–H and O–H groups in total. The molecule has 0 aromatic heterocycles. The summed E-state index contributed by atoms with van der Waals surface area (Å²) in [5.74, 6) is 0.816. The van der Waals surface area contributed by atoms with Gasteiger partial charge < -0.3 is 10.1 Å². The highest BCUT2D eigenvalue weighted by atomic mass is 32.2. The van der Waals surface area contributed by atoms with E-state index in [1.165, 1.54) is 11.4 Å². The highest BCUT2D eigenvalue weighted by molar-refractivity contribution is 7.92. The van der Waals surface area contributed by atoms with Crippen LogP contribution in [0, 0.1) is 12.8 Å². The highest BCUT2D eigenvalue weighted by Gasteiger charge is 2.22. The van der Waals surface area contributed by atoms with Crippen molar-refractivity contribution in [2.75, 3.05) is 30.8 Å². The van der Waals surface area contributed by atoms with Gasteiger partial charge in [0.15, 0.2) is 0 Å². The molecule has 0 spiro atoms. The van der Waals surface area contributed by atoms with E-state index < -0.39 is 10.0 Å². The number of benzene rings is 1. The zero-order valence-electron chi connectivity index (χ0n) is 15.1. The van der Waals surface area contributed by atoms with Crippen molar-refractivity contribution in [3.05, 3.63) is 23.8 Å². The number of sulfonamides is 1. The molecule has 0 radical (unpaired) electrons. The van der Waals surface area contributed by atoms with Crippen molar-refractivity contribution in [3.8, 4) is 5.75 Å². The molecule has 0 saturated heterocycles. The molecule has 1 aromatic rings. The molecule has 0 bridgehead atoms. The van der Waals surface area contributed by atoms with Gasteiger partial charge in [-0.15, -0.1) is 0 Å². The molecule has 0 aliphatic carbocycles. The number of anilines is 1. The average Bonchev–Trinajstić information content (AvgIpc) is 2.46. The van der Waals surface area contributed by atoms with Crippen LogP contribution in [0.5, 0.6) is 5.75 Å². The van der Waals surface area contributed by atoms with Crippen molar-refractivity contribution in [2.45, 2.75) is 33.6 Å². The van der Waals surface area contributed by atoms with Gasteiger partial charge in [0.05, 0.1) is 19.1 Å². The first-order chi connectivity index (χ1) is 11.1. The first-order valence-corrected chi connectivity index (χ1v) is 9.89. The van der Waals surface area contributed by atoms with Crippen molar-refractivity contribution < 1.29 is 17.9 Å². The van der Waals surface area contributed by atoms with Crippen molar-refractivity contribution in [3.63, 3.8) is 0 Å². The van der Waals surface area contributed by atoms with E-state index in [0.717, 1.165) is 18.2 Å². The van der Waals surface area contributed by atoms with Crippen LogP contribution in [0.4, 0.5) is 5.69 Å². The van der Waals surface area contributed by atoms with Gasteiger partial charge in [-0.2, -0.15) is 0 Å². The van der Waals surface area contributed by atoms with Crippen LogP contribution in [0.25, 0.3) is 0 Å². The van der Waals surface area contributed by atoms with Gasteiger partial charge in [-0.3, -0.25) is 9.10 Å². The Hall–Kier alpha value is -1.76. The second-order valence-electron chi connectivity index (χ2n) is 6.29. The fourth-order valence-corrected chi connectivity index (χ4v) is 3.17. The average molecular weight is 356 g/mol. The smallest absolute Gasteiger partial charge is 0.232 e. The van der Waals surface area contributed by atoms with Gasteiger partial charge in [0.25, 0.3) is 0 Å². The predicted molar refractivity (Wildman–Crippen MR) is 97.0 cm³/mol. The number of carbonyl (C=O) groups excluding carboxylic acids is 1. The van der Waals surface area contributed by atoms with Gasteiger partial charge in [0, 0.05) is 19.5 Å². The molecule has 6 nitrogen and oxygen atoms in total. The molecule has 0 unspecified atom stereocenters. The van der Waals surface area contributed by atoms with E-state index in [0.29, 0.717) is 23.9 Å². The molecule has 1 rings (SSSR count). The third-order valence-corrected chi connectivity index (χ3v) is 4.77. The lowest BCUT2D eigenvalue weighted by Crippen LogP contribution is -2.35. The molecule has 0 atom stereocenters. The van der Waals surface area contributed by atoms with Gasteiger partial charge in [-0.25, -0.2) is 8.42 Å². The monoisotopic (exact) mass is 356 g/mol. The van der Waals surface area contributed by atoms with Crippen LogP contribution in [-0.4, -0.2) is 40.8 Å². The molecule has 0 fully saturated rings. The lowest BCUT2D eigenvalue weighted by atomic mass is 10.1. The summed E-state index contributed by atoms with van der Waals surface area (Å²) in [6, 6.07) is 5.32. The lowest BCUT2D eigenvalue weighted by Gasteiger charge is -2.24. The number of rotatable bonds is 9. The summed E-state index contributed by atoms with van der Waals surface area (Å²) in [6.45, 7) is 6.72. The van der Waals surface area contributed by atoms with Crippen LogP contribution in [0.15, 0.2) is 18.2 Å². The van der Waals surface area contributed by atoms with Crippen molar-refractivity contribution in [1.29, 1.82) is 0 Å². The Morgan fingerprint density at radius 1 is 1.33 bits per heavy atom. The number of nitrogens with zero attached hydrogens (tertiary/aromatic N) is 1. The number of hydrogen-bond acceptors (Lipinski definition) is 4. The molecule has 1 aromatic carbocycles. The Balaban J connectivity index is 2.85. The minimum atomic E-state index is -3.52. The second kappa shape index (κ2) is 8.92. The second-order valence-corrected chi connectivity index (χ2v) is 8.20. The van der Waals surface area contributed by atoms with Crippen molar-refractivity contribution >= 4 is 21.6 Å². The van der Waals surface area contributed by atoms with E-state index in [-0.39, 0.29) is 18.9 Å². The third-order valence-electron chi connectivity index (χ3n) is 3.59. The van der Waals surface area contributed by atoms with E-state index in [4.69, 9.17) is 4.74 Å². The van der Waals surface area contributed by atoms with E-state index >= 15 is 0 Å². The number of methoxy groups -OCH3 is 1. The summed E-state index contributed by atoms with van der Waals surface area (Å²) in [6.07, 6.45) is 2.13. The van der Waals surface area contributed by atoms with Gasteiger partial charge in [0.1, 0.15) is 5.75 Å². The van der Waals surface area contributed by atoms with Gasteiger partial charge in [-0.1, -0.05) is 19.9 Å². The highest BCUT2D eigenvalue weighted by Crippen LogP contribution is 2.31. The fraction of sp³-hybridized carbons (Fsp3) is 0.588.